The Labute approximate surface area is 80.6 Å². The highest BCUT2D eigenvalue weighted by Crippen LogP contribution is 2.08. The highest BCUT2D eigenvalue weighted by Gasteiger charge is 2.07. The first kappa shape index (κ1) is 9.83. The summed E-state index contributed by atoms with van der Waals surface area (Å²) in [5.41, 5.74) is 2.27. The smallest absolute Gasteiger partial charge is 0.104 e. The van der Waals surface area contributed by atoms with Crippen molar-refractivity contribution in [1.82, 2.24) is 0 Å². The van der Waals surface area contributed by atoms with E-state index < -0.39 is 0 Å². The van der Waals surface area contributed by atoms with E-state index >= 15 is 0 Å². The first-order valence-electron chi connectivity index (χ1n) is 4.37. The number of benzene rings is 1. The SMILES string of the molecule is C#Cc1ccc(C[N+](C)(C)C)cc1. The third-order valence-corrected chi connectivity index (χ3v) is 1.78. The molecule has 0 amide bonds. The molecule has 0 fully saturated rings. The van der Waals surface area contributed by atoms with Crippen molar-refractivity contribution in [1.29, 1.82) is 0 Å². The predicted molar refractivity (Wildman–Crippen MR) is 56.1 cm³/mol. The molecule has 0 aromatic heterocycles. The highest BCUT2D eigenvalue weighted by atomic mass is 15.3. The van der Waals surface area contributed by atoms with E-state index in [4.69, 9.17) is 6.42 Å². The van der Waals surface area contributed by atoms with Gasteiger partial charge in [0.15, 0.2) is 0 Å². The Kier molecular flexibility index (Phi) is 2.75. The molecule has 1 nitrogen and oxygen atoms in total. The van der Waals surface area contributed by atoms with E-state index in [2.05, 4.69) is 39.2 Å². The van der Waals surface area contributed by atoms with Crippen molar-refractivity contribution < 1.29 is 4.48 Å². The quantitative estimate of drug-likeness (QED) is 0.474. The molecule has 0 aliphatic heterocycles. The summed E-state index contributed by atoms with van der Waals surface area (Å²) in [6.45, 7) is 1.03. The van der Waals surface area contributed by atoms with Crippen LogP contribution in [0.4, 0.5) is 0 Å². The Balaban J connectivity index is 2.77. The Hall–Kier alpha value is -1.26. The van der Waals surface area contributed by atoms with Gasteiger partial charge in [-0.05, 0) is 12.1 Å². The molecule has 0 aliphatic carbocycles. The van der Waals surface area contributed by atoms with Gasteiger partial charge < -0.3 is 4.48 Å². The topological polar surface area (TPSA) is 0 Å². The van der Waals surface area contributed by atoms with E-state index in [1.807, 2.05) is 12.1 Å². The molecule has 0 N–H and O–H groups in total. The summed E-state index contributed by atoms with van der Waals surface area (Å²) in [5.74, 6) is 2.61. The third-order valence-electron chi connectivity index (χ3n) is 1.78. The zero-order chi connectivity index (χ0) is 9.90. The lowest BCUT2D eigenvalue weighted by Crippen LogP contribution is -2.33. The first-order chi connectivity index (χ1) is 6.01. The summed E-state index contributed by atoms with van der Waals surface area (Å²) in [6.07, 6.45) is 5.27. The normalized spacial score (nSPS) is 10.9. The minimum atomic E-state index is 0.940. The fourth-order valence-electron chi connectivity index (χ4n) is 1.25. The second-order valence-corrected chi connectivity index (χ2v) is 4.29. The minimum Gasteiger partial charge on any atom is -0.327 e. The van der Waals surface area contributed by atoms with Crippen LogP contribution in [0, 0.1) is 12.3 Å². The number of hydrogen-bond acceptors (Lipinski definition) is 0. The van der Waals surface area contributed by atoms with Gasteiger partial charge in [-0.25, -0.2) is 0 Å². The largest absolute Gasteiger partial charge is 0.327 e. The zero-order valence-electron chi connectivity index (χ0n) is 8.54. The molecule has 0 radical (unpaired) electrons. The molecule has 68 valence electrons. The molecule has 1 rings (SSSR count). The molecular formula is C12H16N+. The molecule has 0 spiro atoms. The van der Waals surface area contributed by atoms with Gasteiger partial charge in [-0.3, -0.25) is 0 Å². The van der Waals surface area contributed by atoms with Crippen molar-refractivity contribution in [2.24, 2.45) is 0 Å². The first-order valence-corrected chi connectivity index (χ1v) is 4.37. The van der Waals surface area contributed by atoms with Crippen LogP contribution in [0.1, 0.15) is 11.1 Å². The molecule has 0 aliphatic rings. The molecule has 0 bridgehead atoms. The Morgan fingerprint density at radius 1 is 1.15 bits per heavy atom. The number of nitrogens with zero attached hydrogens (tertiary/aromatic N) is 1. The molecule has 1 aromatic carbocycles. The minimum absolute atomic E-state index is 0.940. The maximum Gasteiger partial charge on any atom is 0.104 e. The molecule has 0 saturated carbocycles. The van der Waals surface area contributed by atoms with Crippen molar-refractivity contribution in [2.45, 2.75) is 6.54 Å². The lowest BCUT2D eigenvalue weighted by molar-refractivity contribution is -0.884. The van der Waals surface area contributed by atoms with Gasteiger partial charge in [0, 0.05) is 11.1 Å². The third kappa shape index (κ3) is 3.31. The van der Waals surface area contributed by atoms with Crippen LogP contribution in [-0.4, -0.2) is 25.6 Å². The van der Waals surface area contributed by atoms with Crippen LogP contribution in [0.3, 0.4) is 0 Å². The number of quaternary nitrogens is 1. The predicted octanol–water partition coefficient (Wildman–Crippen LogP) is 1.87. The molecule has 0 saturated heterocycles. The van der Waals surface area contributed by atoms with E-state index in [1.54, 1.807) is 0 Å². The van der Waals surface area contributed by atoms with Gasteiger partial charge in [-0.1, -0.05) is 18.1 Å². The summed E-state index contributed by atoms with van der Waals surface area (Å²) >= 11 is 0. The highest BCUT2D eigenvalue weighted by molar-refractivity contribution is 5.33. The number of terminal acetylenes is 1. The van der Waals surface area contributed by atoms with Gasteiger partial charge in [-0.15, -0.1) is 6.42 Å². The van der Waals surface area contributed by atoms with Gasteiger partial charge >= 0.3 is 0 Å². The Bertz CT molecular complexity index is 308. The van der Waals surface area contributed by atoms with Gasteiger partial charge in [0.2, 0.25) is 0 Å². The maximum absolute atomic E-state index is 5.27. The van der Waals surface area contributed by atoms with E-state index in [-0.39, 0.29) is 0 Å². The van der Waals surface area contributed by atoms with Crippen molar-refractivity contribution in [3.05, 3.63) is 35.4 Å². The number of hydrogen-bond donors (Lipinski definition) is 0. The molecule has 0 unspecified atom stereocenters. The van der Waals surface area contributed by atoms with Gasteiger partial charge in [0.1, 0.15) is 6.54 Å². The second kappa shape index (κ2) is 3.64. The summed E-state index contributed by atoms with van der Waals surface area (Å²) in [6, 6.07) is 8.17. The summed E-state index contributed by atoms with van der Waals surface area (Å²) in [4.78, 5) is 0. The number of rotatable bonds is 2. The lowest BCUT2D eigenvalue weighted by atomic mass is 10.1. The van der Waals surface area contributed by atoms with Crippen LogP contribution in [0.15, 0.2) is 24.3 Å². The Morgan fingerprint density at radius 2 is 1.69 bits per heavy atom. The zero-order valence-corrected chi connectivity index (χ0v) is 8.54. The molecular weight excluding hydrogens is 158 g/mol. The summed E-state index contributed by atoms with van der Waals surface area (Å²) in [7, 11) is 6.53. The standard InChI is InChI=1S/C12H16N/c1-5-11-6-8-12(9-7-11)10-13(2,3)4/h1,6-9H,10H2,2-4H3/q+1. The van der Waals surface area contributed by atoms with Crippen molar-refractivity contribution in [2.75, 3.05) is 21.1 Å². The average Bonchev–Trinajstić information content (AvgIpc) is 2.03. The lowest BCUT2D eigenvalue weighted by Gasteiger charge is -2.23. The molecule has 1 heteroatoms. The van der Waals surface area contributed by atoms with Crippen LogP contribution in [0.2, 0.25) is 0 Å². The van der Waals surface area contributed by atoms with E-state index in [9.17, 15) is 0 Å². The van der Waals surface area contributed by atoms with Crippen LogP contribution < -0.4 is 0 Å². The van der Waals surface area contributed by atoms with Crippen LogP contribution in [0.5, 0.6) is 0 Å². The fraction of sp³-hybridized carbons (Fsp3) is 0.333. The van der Waals surface area contributed by atoms with Gasteiger partial charge in [0.25, 0.3) is 0 Å². The van der Waals surface area contributed by atoms with E-state index in [0.717, 1.165) is 16.6 Å². The molecule has 0 atom stereocenters. The molecule has 1 aromatic rings. The second-order valence-electron chi connectivity index (χ2n) is 4.29. The van der Waals surface area contributed by atoms with Crippen molar-refractivity contribution in [3.8, 4) is 12.3 Å². The van der Waals surface area contributed by atoms with E-state index in [1.165, 1.54) is 5.56 Å². The van der Waals surface area contributed by atoms with Crippen molar-refractivity contribution in [3.63, 3.8) is 0 Å². The van der Waals surface area contributed by atoms with Crippen molar-refractivity contribution >= 4 is 0 Å². The monoisotopic (exact) mass is 174 g/mol. The fourth-order valence-corrected chi connectivity index (χ4v) is 1.25. The van der Waals surface area contributed by atoms with Gasteiger partial charge in [0.05, 0.1) is 21.1 Å². The van der Waals surface area contributed by atoms with Gasteiger partial charge in [-0.2, -0.15) is 0 Å². The average molecular weight is 174 g/mol. The maximum atomic E-state index is 5.27. The Morgan fingerprint density at radius 3 is 2.08 bits per heavy atom. The molecule has 13 heavy (non-hydrogen) atoms. The van der Waals surface area contributed by atoms with Crippen LogP contribution >= 0.6 is 0 Å². The summed E-state index contributed by atoms with van der Waals surface area (Å²) in [5, 5.41) is 0. The van der Waals surface area contributed by atoms with Crippen LogP contribution in [0.25, 0.3) is 0 Å². The van der Waals surface area contributed by atoms with E-state index in [0.29, 0.717) is 0 Å². The summed E-state index contributed by atoms with van der Waals surface area (Å²) < 4.78 is 0.940. The molecule has 0 heterocycles. The van der Waals surface area contributed by atoms with Crippen LogP contribution in [-0.2, 0) is 6.54 Å².